The molecule has 0 saturated heterocycles. The van der Waals surface area contributed by atoms with Gasteiger partial charge in [-0.1, -0.05) is 42.5 Å². The number of carbonyl (C=O) groups is 1. The SMILES string of the molecule is CCOC(=O)NCCCc1cccc2ccccc12. The number of amides is 1. The minimum absolute atomic E-state index is 0.333. The highest BCUT2D eigenvalue weighted by Gasteiger charge is 2.02. The van der Waals surface area contributed by atoms with Crippen LogP contribution in [-0.4, -0.2) is 19.2 Å². The molecule has 100 valence electrons. The number of nitrogens with one attached hydrogen (secondary N) is 1. The molecule has 0 unspecified atom stereocenters. The van der Waals surface area contributed by atoms with Gasteiger partial charge >= 0.3 is 6.09 Å². The molecular formula is C16H19NO2. The Morgan fingerprint density at radius 2 is 1.95 bits per heavy atom. The van der Waals surface area contributed by atoms with Gasteiger partial charge in [-0.2, -0.15) is 0 Å². The van der Waals surface area contributed by atoms with Crippen molar-refractivity contribution in [2.45, 2.75) is 19.8 Å². The van der Waals surface area contributed by atoms with Crippen LogP contribution < -0.4 is 5.32 Å². The molecule has 0 spiro atoms. The summed E-state index contributed by atoms with van der Waals surface area (Å²) in [4.78, 5) is 11.1. The molecular weight excluding hydrogens is 238 g/mol. The van der Waals surface area contributed by atoms with Gasteiger partial charge in [0.2, 0.25) is 0 Å². The van der Waals surface area contributed by atoms with E-state index in [-0.39, 0.29) is 6.09 Å². The molecule has 1 N–H and O–H groups in total. The van der Waals surface area contributed by atoms with E-state index in [0.717, 1.165) is 12.8 Å². The highest BCUT2D eigenvalue weighted by molar-refractivity contribution is 5.85. The largest absolute Gasteiger partial charge is 0.450 e. The van der Waals surface area contributed by atoms with Gasteiger partial charge in [0, 0.05) is 6.54 Å². The first-order valence-electron chi connectivity index (χ1n) is 6.68. The molecule has 0 aromatic heterocycles. The summed E-state index contributed by atoms with van der Waals surface area (Å²) in [6.07, 6.45) is 1.53. The van der Waals surface area contributed by atoms with Crippen LogP contribution in [0.2, 0.25) is 0 Å². The lowest BCUT2D eigenvalue weighted by Gasteiger charge is -2.07. The quantitative estimate of drug-likeness (QED) is 0.832. The van der Waals surface area contributed by atoms with E-state index >= 15 is 0 Å². The Hall–Kier alpha value is -2.03. The Kier molecular flexibility index (Phi) is 4.78. The minimum atomic E-state index is -0.333. The van der Waals surface area contributed by atoms with E-state index in [1.54, 1.807) is 6.92 Å². The molecule has 2 aromatic rings. The lowest BCUT2D eigenvalue weighted by Crippen LogP contribution is -2.25. The molecule has 3 heteroatoms. The molecule has 0 aliphatic heterocycles. The number of carbonyl (C=O) groups excluding carboxylic acids is 1. The van der Waals surface area contributed by atoms with Crippen molar-refractivity contribution in [2.75, 3.05) is 13.2 Å². The lowest BCUT2D eigenvalue weighted by molar-refractivity contribution is 0.152. The fraction of sp³-hybridized carbons (Fsp3) is 0.312. The number of alkyl carbamates (subject to hydrolysis) is 1. The Morgan fingerprint density at radius 3 is 2.79 bits per heavy atom. The molecule has 0 heterocycles. The smallest absolute Gasteiger partial charge is 0.407 e. The van der Waals surface area contributed by atoms with Crippen LogP contribution in [0.5, 0.6) is 0 Å². The van der Waals surface area contributed by atoms with Crippen molar-refractivity contribution in [3.63, 3.8) is 0 Å². The van der Waals surface area contributed by atoms with Crippen LogP contribution in [0, 0.1) is 0 Å². The molecule has 0 atom stereocenters. The molecule has 2 rings (SSSR count). The van der Waals surface area contributed by atoms with E-state index in [4.69, 9.17) is 4.74 Å². The second-order valence-electron chi connectivity index (χ2n) is 4.39. The Labute approximate surface area is 113 Å². The average Bonchev–Trinajstić information content (AvgIpc) is 2.44. The third-order valence-electron chi connectivity index (χ3n) is 3.05. The van der Waals surface area contributed by atoms with Crippen molar-refractivity contribution >= 4 is 16.9 Å². The van der Waals surface area contributed by atoms with Gasteiger partial charge in [-0.15, -0.1) is 0 Å². The topological polar surface area (TPSA) is 38.3 Å². The number of hydrogen-bond acceptors (Lipinski definition) is 2. The van der Waals surface area contributed by atoms with Gasteiger partial charge < -0.3 is 10.1 Å². The van der Waals surface area contributed by atoms with E-state index in [1.807, 2.05) is 0 Å². The number of hydrogen-bond donors (Lipinski definition) is 1. The van der Waals surface area contributed by atoms with Gasteiger partial charge in [0.15, 0.2) is 0 Å². The third kappa shape index (κ3) is 3.71. The fourth-order valence-corrected chi connectivity index (χ4v) is 2.16. The van der Waals surface area contributed by atoms with E-state index in [2.05, 4.69) is 47.8 Å². The normalized spacial score (nSPS) is 10.4. The molecule has 19 heavy (non-hydrogen) atoms. The average molecular weight is 257 g/mol. The maximum Gasteiger partial charge on any atom is 0.407 e. The standard InChI is InChI=1S/C16H19NO2/c1-2-19-16(18)17-12-6-10-14-9-5-8-13-7-3-4-11-15(13)14/h3-5,7-9,11H,2,6,10,12H2,1H3,(H,17,18). The van der Waals surface area contributed by atoms with Crippen molar-refractivity contribution in [3.05, 3.63) is 48.0 Å². The number of ether oxygens (including phenoxy) is 1. The molecule has 0 aliphatic carbocycles. The summed E-state index contributed by atoms with van der Waals surface area (Å²) in [7, 11) is 0. The van der Waals surface area contributed by atoms with Crippen LogP contribution in [0.1, 0.15) is 18.9 Å². The molecule has 1 amide bonds. The van der Waals surface area contributed by atoms with Crippen LogP contribution in [-0.2, 0) is 11.2 Å². The Balaban J connectivity index is 1.90. The van der Waals surface area contributed by atoms with Gasteiger partial charge in [-0.25, -0.2) is 4.79 Å². The van der Waals surface area contributed by atoms with Crippen molar-refractivity contribution in [2.24, 2.45) is 0 Å². The zero-order valence-electron chi connectivity index (χ0n) is 11.2. The summed E-state index contributed by atoms with van der Waals surface area (Å²) in [5.74, 6) is 0. The third-order valence-corrected chi connectivity index (χ3v) is 3.05. The van der Waals surface area contributed by atoms with E-state index < -0.39 is 0 Å². The Morgan fingerprint density at radius 1 is 1.16 bits per heavy atom. The lowest BCUT2D eigenvalue weighted by atomic mass is 10.0. The Bertz CT molecular complexity index is 546. The van der Waals surface area contributed by atoms with Gasteiger partial charge in [0.05, 0.1) is 6.61 Å². The summed E-state index contributed by atoms with van der Waals surface area (Å²) in [5.41, 5.74) is 1.32. The highest BCUT2D eigenvalue weighted by Crippen LogP contribution is 2.19. The van der Waals surface area contributed by atoms with E-state index in [0.29, 0.717) is 13.2 Å². The second-order valence-corrected chi connectivity index (χ2v) is 4.39. The van der Waals surface area contributed by atoms with E-state index in [9.17, 15) is 4.79 Å². The van der Waals surface area contributed by atoms with Crippen molar-refractivity contribution < 1.29 is 9.53 Å². The predicted molar refractivity (Wildman–Crippen MR) is 77.3 cm³/mol. The summed E-state index contributed by atoms with van der Waals surface area (Å²) < 4.78 is 4.81. The monoisotopic (exact) mass is 257 g/mol. The highest BCUT2D eigenvalue weighted by atomic mass is 16.5. The molecule has 2 aromatic carbocycles. The second kappa shape index (κ2) is 6.78. The van der Waals surface area contributed by atoms with Crippen LogP contribution in [0.3, 0.4) is 0 Å². The minimum Gasteiger partial charge on any atom is -0.450 e. The summed E-state index contributed by atoms with van der Waals surface area (Å²) in [6, 6.07) is 14.7. The zero-order valence-corrected chi connectivity index (χ0v) is 11.2. The molecule has 0 fully saturated rings. The maximum atomic E-state index is 11.1. The van der Waals surface area contributed by atoms with Crippen LogP contribution in [0.25, 0.3) is 10.8 Å². The number of rotatable bonds is 5. The molecule has 0 radical (unpaired) electrons. The first kappa shape index (κ1) is 13.4. The van der Waals surface area contributed by atoms with Crippen molar-refractivity contribution in [3.8, 4) is 0 Å². The number of aryl methyl sites for hydroxylation is 1. The van der Waals surface area contributed by atoms with Gasteiger partial charge in [-0.3, -0.25) is 0 Å². The molecule has 0 saturated carbocycles. The van der Waals surface area contributed by atoms with E-state index in [1.165, 1.54) is 16.3 Å². The first-order chi connectivity index (χ1) is 9.31. The van der Waals surface area contributed by atoms with Gasteiger partial charge in [0.1, 0.15) is 0 Å². The fourth-order valence-electron chi connectivity index (χ4n) is 2.16. The number of fused-ring (bicyclic) bond motifs is 1. The molecule has 3 nitrogen and oxygen atoms in total. The van der Waals surface area contributed by atoms with Crippen LogP contribution >= 0.6 is 0 Å². The molecule has 0 bridgehead atoms. The summed E-state index contributed by atoms with van der Waals surface area (Å²) in [6.45, 7) is 2.85. The van der Waals surface area contributed by atoms with Gasteiger partial charge in [0.25, 0.3) is 0 Å². The zero-order chi connectivity index (χ0) is 13.5. The van der Waals surface area contributed by atoms with Gasteiger partial charge in [-0.05, 0) is 36.1 Å². The van der Waals surface area contributed by atoms with Crippen molar-refractivity contribution in [1.82, 2.24) is 5.32 Å². The molecule has 0 aliphatic rings. The van der Waals surface area contributed by atoms with Crippen LogP contribution in [0.4, 0.5) is 4.79 Å². The summed E-state index contributed by atoms with van der Waals surface area (Å²) in [5, 5.41) is 5.30. The van der Waals surface area contributed by atoms with Crippen LogP contribution in [0.15, 0.2) is 42.5 Å². The predicted octanol–water partition coefficient (Wildman–Crippen LogP) is 3.52. The van der Waals surface area contributed by atoms with Crippen molar-refractivity contribution in [1.29, 1.82) is 0 Å². The first-order valence-corrected chi connectivity index (χ1v) is 6.68. The number of benzene rings is 2. The summed E-state index contributed by atoms with van der Waals surface area (Å²) >= 11 is 0. The maximum absolute atomic E-state index is 11.1.